The third-order valence-corrected chi connectivity index (χ3v) is 3.45. The van der Waals surface area contributed by atoms with E-state index in [4.69, 9.17) is 0 Å². The zero-order valence-corrected chi connectivity index (χ0v) is 16.3. The third kappa shape index (κ3) is 15.3. The number of carbonyl (C=O) groups is 1. The summed E-state index contributed by atoms with van der Waals surface area (Å²) in [5.74, 6) is 0.847. The van der Waals surface area contributed by atoms with Gasteiger partial charge in [-0.3, -0.25) is 9.69 Å². The van der Waals surface area contributed by atoms with Crippen LogP contribution in [0.15, 0.2) is 48.6 Å². The third-order valence-electron chi connectivity index (χ3n) is 3.45. The summed E-state index contributed by atoms with van der Waals surface area (Å²) in [5.41, 5.74) is 1.23. The van der Waals surface area contributed by atoms with E-state index in [9.17, 15) is 4.79 Å². The fourth-order valence-corrected chi connectivity index (χ4v) is 2.12. The Balaban J connectivity index is 0. The van der Waals surface area contributed by atoms with Gasteiger partial charge in [0.2, 0.25) is 0 Å². The molecule has 0 radical (unpaired) electrons. The van der Waals surface area contributed by atoms with Crippen LogP contribution in [0.4, 0.5) is 0 Å². The van der Waals surface area contributed by atoms with Crippen LogP contribution in [-0.2, 0) is 4.79 Å². The molecule has 2 atom stereocenters. The molecule has 0 saturated heterocycles. The number of benzene rings is 1. The second-order valence-electron chi connectivity index (χ2n) is 6.08. The maximum Gasteiger partial charge on any atom is 0.146 e. The van der Waals surface area contributed by atoms with E-state index in [1.807, 2.05) is 69.2 Å². The van der Waals surface area contributed by atoms with Gasteiger partial charge >= 0.3 is 0 Å². The fourth-order valence-electron chi connectivity index (χ4n) is 2.12. The van der Waals surface area contributed by atoms with Gasteiger partial charge in [0.25, 0.3) is 0 Å². The summed E-state index contributed by atoms with van der Waals surface area (Å²) in [6.07, 6.45) is 3.15. The highest BCUT2D eigenvalue weighted by molar-refractivity contribution is 5.81. The highest BCUT2D eigenvalue weighted by atomic mass is 16.1. The second kappa shape index (κ2) is 15.5. The largest absolute Gasteiger partial charge is 0.300 e. The van der Waals surface area contributed by atoms with Crippen molar-refractivity contribution in [2.75, 3.05) is 14.1 Å². The molecule has 1 aromatic carbocycles. The number of nitrogens with zero attached hydrogens (tertiary/aromatic N) is 1. The van der Waals surface area contributed by atoms with Crippen molar-refractivity contribution in [3.63, 3.8) is 0 Å². The molecular formula is C21H37NO. The van der Waals surface area contributed by atoms with Crippen LogP contribution in [0.5, 0.6) is 0 Å². The average Bonchev–Trinajstić information content (AvgIpc) is 2.54. The summed E-state index contributed by atoms with van der Waals surface area (Å²) < 4.78 is 0. The molecule has 0 aliphatic rings. The zero-order chi connectivity index (χ0) is 18.3. The first-order valence-electron chi connectivity index (χ1n) is 8.65. The molecule has 23 heavy (non-hydrogen) atoms. The van der Waals surface area contributed by atoms with Crippen molar-refractivity contribution < 1.29 is 4.79 Å². The molecule has 1 aromatic rings. The van der Waals surface area contributed by atoms with Crippen LogP contribution in [0, 0.1) is 5.92 Å². The van der Waals surface area contributed by atoms with Gasteiger partial charge in [-0.25, -0.2) is 0 Å². The van der Waals surface area contributed by atoms with E-state index in [1.54, 1.807) is 6.92 Å². The predicted molar refractivity (Wildman–Crippen MR) is 104 cm³/mol. The SMILES string of the molecule is C=C(C)CC[C@@H](C)C[C@@H](C(C)=O)N(C)C.CC.c1ccccc1. The van der Waals surface area contributed by atoms with Gasteiger partial charge in [0.05, 0.1) is 6.04 Å². The van der Waals surface area contributed by atoms with Crippen molar-refractivity contribution in [1.29, 1.82) is 0 Å². The molecular weight excluding hydrogens is 282 g/mol. The number of allylic oxidation sites excluding steroid dienone is 1. The smallest absolute Gasteiger partial charge is 0.146 e. The van der Waals surface area contributed by atoms with Gasteiger partial charge in [-0.05, 0) is 53.1 Å². The van der Waals surface area contributed by atoms with Crippen LogP contribution < -0.4 is 0 Å². The molecule has 0 aliphatic heterocycles. The molecule has 2 nitrogen and oxygen atoms in total. The quantitative estimate of drug-likeness (QED) is 0.610. The summed E-state index contributed by atoms with van der Waals surface area (Å²) in [4.78, 5) is 13.4. The van der Waals surface area contributed by atoms with Gasteiger partial charge in [-0.1, -0.05) is 62.7 Å². The summed E-state index contributed by atoms with van der Waals surface area (Å²) in [6, 6.07) is 12.1. The Labute approximate surface area is 144 Å². The molecule has 0 aromatic heterocycles. The highest BCUT2D eigenvalue weighted by Gasteiger charge is 2.19. The molecule has 0 amide bonds. The van der Waals surface area contributed by atoms with Crippen molar-refractivity contribution in [2.24, 2.45) is 5.92 Å². The summed E-state index contributed by atoms with van der Waals surface area (Å²) in [6.45, 7) is 13.8. The summed E-state index contributed by atoms with van der Waals surface area (Å²) in [5, 5.41) is 0. The van der Waals surface area contributed by atoms with Gasteiger partial charge in [0, 0.05) is 0 Å². The molecule has 0 aliphatic carbocycles. The predicted octanol–water partition coefficient (Wildman–Crippen LogP) is 5.60. The molecule has 0 N–H and O–H groups in total. The highest BCUT2D eigenvalue weighted by Crippen LogP contribution is 2.18. The van der Waals surface area contributed by atoms with Gasteiger partial charge < -0.3 is 0 Å². The summed E-state index contributed by atoms with van der Waals surface area (Å²) in [7, 11) is 3.94. The maximum atomic E-state index is 11.4. The molecule has 0 saturated carbocycles. The van der Waals surface area contributed by atoms with E-state index in [0.29, 0.717) is 5.92 Å². The Morgan fingerprint density at radius 2 is 1.39 bits per heavy atom. The van der Waals surface area contributed by atoms with Crippen LogP contribution in [0.25, 0.3) is 0 Å². The fraction of sp³-hybridized carbons (Fsp3) is 0.571. The number of likely N-dealkylation sites (N-methyl/N-ethyl adjacent to an activating group) is 1. The Morgan fingerprint density at radius 3 is 1.65 bits per heavy atom. The van der Waals surface area contributed by atoms with E-state index in [0.717, 1.165) is 19.3 Å². The Morgan fingerprint density at radius 1 is 1.00 bits per heavy atom. The normalized spacial score (nSPS) is 12.2. The van der Waals surface area contributed by atoms with E-state index in [-0.39, 0.29) is 11.8 Å². The Hall–Kier alpha value is -1.41. The lowest BCUT2D eigenvalue weighted by molar-refractivity contribution is -0.121. The average molecular weight is 320 g/mol. The summed E-state index contributed by atoms with van der Waals surface area (Å²) >= 11 is 0. The zero-order valence-electron chi connectivity index (χ0n) is 16.3. The van der Waals surface area contributed by atoms with Gasteiger partial charge in [-0.15, -0.1) is 6.58 Å². The van der Waals surface area contributed by atoms with Crippen LogP contribution in [-0.4, -0.2) is 30.8 Å². The van der Waals surface area contributed by atoms with Gasteiger partial charge in [0.15, 0.2) is 0 Å². The second-order valence-corrected chi connectivity index (χ2v) is 6.08. The number of Topliss-reactive ketones (excluding diaryl/α,β-unsaturated/α-hetero) is 1. The minimum absolute atomic E-state index is 0.0742. The van der Waals surface area contributed by atoms with E-state index >= 15 is 0 Å². The maximum absolute atomic E-state index is 11.4. The van der Waals surface area contributed by atoms with E-state index in [1.165, 1.54) is 5.57 Å². The first kappa shape index (κ1) is 23.9. The minimum Gasteiger partial charge on any atom is -0.300 e. The minimum atomic E-state index is 0.0742. The number of carbonyl (C=O) groups excluding carboxylic acids is 1. The van der Waals surface area contributed by atoms with Crippen molar-refractivity contribution in [2.45, 2.75) is 59.9 Å². The number of rotatable bonds is 7. The molecule has 0 heterocycles. The lowest BCUT2D eigenvalue weighted by Gasteiger charge is -2.24. The topological polar surface area (TPSA) is 20.3 Å². The molecule has 132 valence electrons. The Kier molecular flexibility index (Phi) is 16.1. The van der Waals surface area contributed by atoms with Crippen molar-refractivity contribution in [3.8, 4) is 0 Å². The molecule has 1 rings (SSSR count). The molecule has 0 unspecified atom stereocenters. The van der Waals surface area contributed by atoms with Crippen LogP contribution >= 0.6 is 0 Å². The molecule has 0 bridgehead atoms. The van der Waals surface area contributed by atoms with Crippen molar-refractivity contribution in [1.82, 2.24) is 4.90 Å². The monoisotopic (exact) mass is 319 g/mol. The molecule has 0 spiro atoms. The van der Waals surface area contributed by atoms with Gasteiger partial charge in [-0.2, -0.15) is 0 Å². The number of ketones is 1. The van der Waals surface area contributed by atoms with Crippen molar-refractivity contribution >= 4 is 5.78 Å². The Bertz CT molecular complexity index is 371. The van der Waals surface area contributed by atoms with Gasteiger partial charge in [0.1, 0.15) is 5.78 Å². The lowest BCUT2D eigenvalue weighted by Crippen LogP contribution is -2.35. The van der Waals surface area contributed by atoms with Crippen LogP contribution in [0.2, 0.25) is 0 Å². The number of hydrogen-bond acceptors (Lipinski definition) is 2. The lowest BCUT2D eigenvalue weighted by atomic mass is 9.93. The standard InChI is InChI=1S/C13H25NO.C6H6.C2H6/c1-10(2)7-8-11(3)9-13(12(4)15)14(5)6;1-2-4-6-5-3-1;1-2/h11,13H,1,7-9H2,2-6H3;1-6H;1-2H3/t11-,13+;;/m1../s1. The first-order chi connectivity index (χ1) is 10.8. The molecule has 0 fully saturated rings. The van der Waals surface area contributed by atoms with E-state index < -0.39 is 0 Å². The van der Waals surface area contributed by atoms with Crippen molar-refractivity contribution in [3.05, 3.63) is 48.6 Å². The number of hydrogen-bond donors (Lipinski definition) is 0. The molecule has 2 heteroatoms. The van der Waals surface area contributed by atoms with E-state index in [2.05, 4.69) is 20.4 Å². The van der Waals surface area contributed by atoms with Crippen LogP contribution in [0.3, 0.4) is 0 Å². The first-order valence-corrected chi connectivity index (χ1v) is 8.65. The van der Waals surface area contributed by atoms with Crippen LogP contribution in [0.1, 0.15) is 53.9 Å².